The number of halogens is 1. The number of rotatable bonds is 8. The zero-order valence-electron chi connectivity index (χ0n) is 16.7. The average molecular weight is 424 g/mol. The van der Waals surface area contributed by atoms with Crippen LogP contribution in [0.1, 0.15) is 35.8 Å². The first-order valence-corrected chi connectivity index (χ1v) is 11.0. The number of piperidine rings is 1. The number of ether oxygens (including phenoxy) is 2. The molecular formula is C20H26FN3O4S. The van der Waals surface area contributed by atoms with Crippen molar-refractivity contribution >= 4 is 10.0 Å². The van der Waals surface area contributed by atoms with Gasteiger partial charge in [-0.05, 0) is 31.9 Å². The fraction of sp³-hybridized carbons (Fsp3) is 0.500. The molecule has 0 spiro atoms. The Hall–Kier alpha value is -1.94. The van der Waals surface area contributed by atoms with Crippen LogP contribution in [-0.4, -0.2) is 56.1 Å². The molecule has 1 saturated heterocycles. The first-order chi connectivity index (χ1) is 13.9. The Balaban J connectivity index is 1.82. The molecule has 0 saturated carbocycles. The van der Waals surface area contributed by atoms with Crippen molar-refractivity contribution in [1.82, 2.24) is 14.3 Å². The second kappa shape index (κ2) is 9.71. The Bertz CT molecular complexity index is 939. The van der Waals surface area contributed by atoms with Crippen LogP contribution in [0.4, 0.5) is 4.39 Å². The zero-order chi connectivity index (χ0) is 20.9. The first-order valence-electron chi connectivity index (χ1n) is 9.57. The van der Waals surface area contributed by atoms with Crippen molar-refractivity contribution in [1.29, 1.82) is 0 Å². The van der Waals surface area contributed by atoms with E-state index >= 15 is 0 Å². The lowest BCUT2D eigenvalue weighted by molar-refractivity contribution is 0.0608. The minimum atomic E-state index is -3.91. The van der Waals surface area contributed by atoms with Gasteiger partial charge in [0.1, 0.15) is 16.5 Å². The van der Waals surface area contributed by atoms with Crippen molar-refractivity contribution in [3.8, 4) is 0 Å². The van der Waals surface area contributed by atoms with Crippen LogP contribution in [-0.2, 0) is 26.1 Å². The van der Waals surface area contributed by atoms with Gasteiger partial charge in [-0.1, -0.05) is 12.1 Å². The molecule has 29 heavy (non-hydrogen) atoms. The van der Waals surface area contributed by atoms with Gasteiger partial charge in [-0.3, -0.25) is 0 Å². The van der Waals surface area contributed by atoms with Gasteiger partial charge < -0.3 is 9.47 Å². The number of hydrogen-bond donors (Lipinski definition) is 0. The Morgan fingerprint density at radius 3 is 2.83 bits per heavy atom. The van der Waals surface area contributed by atoms with Gasteiger partial charge in [0.15, 0.2) is 0 Å². The summed E-state index contributed by atoms with van der Waals surface area (Å²) in [6, 6.07) is 5.48. The third kappa shape index (κ3) is 5.16. The van der Waals surface area contributed by atoms with Crippen LogP contribution < -0.4 is 0 Å². The van der Waals surface area contributed by atoms with Gasteiger partial charge in [0.05, 0.1) is 25.5 Å². The van der Waals surface area contributed by atoms with Gasteiger partial charge in [0.2, 0.25) is 10.0 Å². The highest BCUT2D eigenvalue weighted by molar-refractivity contribution is 7.89. The fourth-order valence-corrected chi connectivity index (χ4v) is 5.07. The Kier molecular flexibility index (Phi) is 7.28. The van der Waals surface area contributed by atoms with Crippen molar-refractivity contribution in [3.05, 3.63) is 53.4 Å². The molecule has 3 rings (SSSR count). The van der Waals surface area contributed by atoms with Gasteiger partial charge in [-0.15, -0.1) is 0 Å². The minimum absolute atomic E-state index is 0.104. The second-order valence-electron chi connectivity index (χ2n) is 7.01. The summed E-state index contributed by atoms with van der Waals surface area (Å²) in [6.45, 7) is 3.67. The maximum atomic E-state index is 14.1. The van der Waals surface area contributed by atoms with Crippen molar-refractivity contribution in [3.63, 3.8) is 0 Å². The number of methoxy groups -OCH3 is 1. The van der Waals surface area contributed by atoms with E-state index < -0.39 is 15.8 Å². The Labute approximate surface area is 170 Å². The molecule has 1 aliphatic heterocycles. The van der Waals surface area contributed by atoms with Crippen LogP contribution in [0.25, 0.3) is 0 Å². The lowest BCUT2D eigenvalue weighted by Gasteiger charge is -2.32. The van der Waals surface area contributed by atoms with E-state index in [0.29, 0.717) is 38.6 Å². The molecule has 158 valence electrons. The SMILES string of the molecule is COCCOCc1cnc(C)nc1C1CCCN(S(=O)(=O)c2ccccc2F)C1. The third-order valence-electron chi connectivity index (χ3n) is 4.93. The Morgan fingerprint density at radius 2 is 2.07 bits per heavy atom. The molecule has 1 unspecified atom stereocenters. The molecule has 1 atom stereocenters. The summed E-state index contributed by atoms with van der Waals surface area (Å²) in [5, 5.41) is 0. The summed E-state index contributed by atoms with van der Waals surface area (Å²) >= 11 is 0. The fourth-order valence-electron chi connectivity index (χ4n) is 3.48. The van der Waals surface area contributed by atoms with Crippen molar-refractivity contribution in [2.24, 2.45) is 0 Å². The van der Waals surface area contributed by atoms with E-state index in [4.69, 9.17) is 9.47 Å². The number of nitrogens with zero attached hydrogens (tertiary/aromatic N) is 3. The van der Waals surface area contributed by atoms with E-state index in [9.17, 15) is 12.8 Å². The van der Waals surface area contributed by atoms with Gasteiger partial charge in [0, 0.05) is 37.9 Å². The molecule has 0 bridgehead atoms. The van der Waals surface area contributed by atoms with Crippen LogP contribution in [0.5, 0.6) is 0 Å². The van der Waals surface area contributed by atoms with Gasteiger partial charge in [0.25, 0.3) is 0 Å². The van der Waals surface area contributed by atoms with Crippen LogP contribution in [0.3, 0.4) is 0 Å². The van der Waals surface area contributed by atoms with Crippen molar-refractivity contribution in [2.75, 3.05) is 33.4 Å². The average Bonchev–Trinajstić information content (AvgIpc) is 2.72. The van der Waals surface area contributed by atoms with E-state index in [0.717, 1.165) is 23.7 Å². The van der Waals surface area contributed by atoms with Crippen molar-refractivity contribution in [2.45, 2.75) is 37.2 Å². The second-order valence-corrected chi connectivity index (χ2v) is 8.91. The molecule has 2 aromatic rings. The molecule has 0 N–H and O–H groups in total. The highest BCUT2D eigenvalue weighted by Crippen LogP contribution is 2.31. The first kappa shape index (κ1) is 21.8. The summed E-state index contributed by atoms with van der Waals surface area (Å²) in [6.07, 6.45) is 3.20. The maximum absolute atomic E-state index is 14.1. The molecule has 9 heteroatoms. The number of aromatic nitrogens is 2. The van der Waals surface area contributed by atoms with Gasteiger partial charge >= 0.3 is 0 Å². The molecule has 1 fully saturated rings. The zero-order valence-corrected chi connectivity index (χ0v) is 17.5. The molecule has 7 nitrogen and oxygen atoms in total. The van der Waals surface area contributed by atoms with E-state index in [2.05, 4.69) is 9.97 Å². The topological polar surface area (TPSA) is 81.6 Å². The summed E-state index contributed by atoms with van der Waals surface area (Å²) < 4.78 is 52.1. The van der Waals surface area contributed by atoms with E-state index in [-0.39, 0.29) is 17.4 Å². The van der Waals surface area contributed by atoms with E-state index in [1.54, 1.807) is 20.2 Å². The summed E-state index contributed by atoms with van der Waals surface area (Å²) in [7, 11) is -2.31. The van der Waals surface area contributed by atoms with Gasteiger partial charge in [-0.2, -0.15) is 4.31 Å². The monoisotopic (exact) mass is 423 g/mol. The normalized spacial score (nSPS) is 18.1. The molecule has 0 amide bonds. The highest BCUT2D eigenvalue weighted by atomic mass is 32.2. The standard InChI is InChI=1S/C20H26FN3O4S/c1-15-22-12-17(14-28-11-10-27-2)20(23-15)16-6-5-9-24(13-16)29(25,26)19-8-4-3-7-18(19)21/h3-4,7-8,12,16H,5-6,9-11,13-14H2,1-2H3. The minimum Gasteiger partial charge on any atom is -0.382 e. The van der Waals surface area contributed by atoms with E-state index in [1.807, 2.05) is 0 Å². The smallest absolute Gasteiger partial charge is 0.246 e. The highest BCUT2D eigenvalue weighted by Gasteiger charge is 2.33. The number of hydrogen-bond acceptors (Lipinski definition) is 6. The number of sulfonamides is 1. The lowest BCUT2D eigenvalue weighted by Crippen LogP contribution is -2.40. The predicted octanol–water partition coefficient (Wildman–Crippen LogP) is 2.66. The van der Waals surface area contributed by atoms with Crippen LogP contribution in [0.15, 0.2) is 35.4 Å². The quantitative estimate of drug-likeness (QED) is 0.607. The molecule has 0 aliphatic carbocycles. The van der Waals surface area contributed by atoms with Crippen LogP contribution in [0, 0.1) is 12.7 Å². The van der Waals surface area contributed by atoms with Gasteiger partial charge in [-0.25, -0.2) is 22.8 Å². The number of aryl methyl sites for hydroxylation is 1. The lowest BCUT2D eigenvalue weighted by atomic mass is 9.93. The molecule has 1 aromatic heterocycles. The van der Waals surface area contributed by atoms with Crippen molar-refractivity contribution < 1.29 is 22.3 Å². The summed E-state index contributed by atoms with van der Waals surface area (Å²) in [5.74, 6) is -0.220. The molecular weight excluding hydrogens is 397 g/mol. The van der Waals surface area contributed by atoms with Crippen LogP contribution in [0.2, 0.25) is 0 Å². The number of benzene rings is 1. The molecule has 1 aliphatic rings. The predicted molar refractivity (Wildman–Crippen MR) is 105 cm³/mol. The molecule has 2 heterocycles. The Morgan fingerprint density at radius 1 is 1.28 bits per heavy atom. The van der Waals surface area contributed by atoms with Crippen LogP contribution >= 0.6 is 0 Å². The van der Waals surface area contributed by atoms with E-state index in [1.165, 1.54) is 22.5 Å². The third-order valence-corrected chi connectivity index (χ3v) is 6.83. The summed E-state index contributed by atoms with van der Waals surface area (Å²) in [5.41, 5.74) is 1.63. The largest absolute Gasteiger partial charge is 0.382 e. The molecule has 1 aromatic carbocycles. The molecule has 0 radical (unpaired) electrons. The summed E-state index contributed by atoms with van der Waals surface area (Å²) in [4.78, 5) is 8.55. The maximum Gasteiger partial charge on any atom is 0.246 e.